The zero-order valence-electron chi connectivity index (χ0n) is 18.6. The van der Waals surface area contributed by atoms with Crippen LogP contribution in [0.1, 0.15) is 52.5 Å². The first-order valence-corrected chi connectivity index (χ1v) is 10.4. The van der Waals surface area contributed by atoms with E-state index in [-0.39, 0.29) is 29.2 Å². The van der Waals surface area contributed by atoms with Gasteiger partial charge in [0.05, 0.1) is 5.69 Å². The molecule has 0 unspecified atom stereocenters. The Balaban J connectivity index is 1.75. The number of hydrogen-bond acceptors (Lipinski definition) is 6. The van der Waals surface area contributed by atoms with Gasteiger partial charge in [-0.05, 0) is 76.8 Å². The van der Waals surface area contributed by atoms with E-state index in [2.05, 4.69) is 55.2 Å². The van der Waals surface area contributed by atoms with E-state index >= 15 is 0 Å². The van der Waals surface area contributed by atoms with Gasteiger partial charge in [-0.15, -0.1) is 10.2 Å². The molecule has 0 radical (unpaired) electrons. The number of amides is 1. The third-order valence-corrected chi connectivity index (χ3v) is 5.73. The summed E-state index contributed by atoms with van der Waals surface area (Å²) in [6.45, 7) is 8.94. The van der Waals surface area contributed by atoms with Crippen molar-refractivity contribution in [2.75, 3.05) is 11.9 Å². The molecule has 1 saturated heterocycles. The molecule has 1 aliphatic rings. The van der Waals surface area contributed by atoms with E-state index in [4.69, 9.17) is 5.73 Å². The molecule has 0 bridgehead atoms. The lowest BCUT2D eigenvalue weighted by Crippen LogP contribution is -2.62. The van der Waals surface area contributed by atoms with E-state index in [1.165, 1.54) is 0 Å². The molecule has 2 aromatic rings. The molecule has 7 heteroatoms. The van der Waals surface area contributed by atoms with Gasteiger partial charge in [-0.1, -0.05) is 6.07 Å². The van der Waals surface area contributed by atoms with Crippen LogP contribution in [0, 0.1) is 0 Å². The average Bonchev–Trinajstić information content (AvgIpc) is 2.63. The Bertz CT molecular complexity index is 892. The molecule has 1 aromatic heterocycles. The number of nitrogens with zero attached hydrogens (tertiary/aromatic N) is 3. The molecule has 0 atom stereocenters. The molecule has 3 rings (SSSR count). The van der Waals surface area contributed by atoms with E-state index in [0.717, 1.165) is 24.2 Å². The van der Waals surface area contributed by atoms with Gasteiger partial charge in [-0.25, -0.2) is 0 Å². The van der Waals surface area contributed by atoms with Crippen molar-refractivity contribution in [3.8, 4) is 17.0 Å². The first-order valence-electron chi connectivity index (χ1n) is 10.4. The van der Waals surface area contributed by atoms with Crippen molar-refractivity contribution >= 4 is 11.7 Å². The summed E-state index contributed by atoms with van der Waals surface area (Å²) in [5.74, 6) is 0.578. The van der Waals surface area contributed by atoms with Crippen LogP contribution in [0.15, 0.2) is 30.3 Å². The normalized spacial score (nSPS) is 18.2. The summed E-state index contributed by atoms with van der Waals surface area (Å²) in [6, 6.07) is 9.52. The first-order chi connectivity index (χ1) is 14.0. The summed E-state index contributed by atoms with van der Waals surface area (Å²) >= 11 is 0. The Hall–Kier alpha value is -2.67. The molecule has 2 heterocycles. The maximum Gasteiger partial charge on any atom is 0.217 e. The van der Waals surface area contributed by atoms with Crippen molar-refractivity contribution in [3.05, 3.63) is 35.9 Å². The maximum atomic E-state index is 11.0. The quantitative estimate of drug-likeness (QED) is 0.675. The summed E-state index contributed by atoms with van der Waals surface area (Å²) in [5.41, 5.74) is 7.38. The lowest BCUT2D eigenvalue weighted by atomic mass is 9.79. The topological polar surface area (TPSA) is 104 Å². The van der Waals surface area contributed by atoms with Crippen LogP contribution < -0.4 is 16.0 Å². The number of nitrogens with two attached hydrogens (primary N) is 1. The van der Waals surface area contributed by atoms with E-state index in [1.54, 1.807) is 12.1 Å². The predicted molar refractivity (Wildman–Crippen MR) is 119 cm³/mol. The molecule has 30 heavy (non-hydrogen) atoms. The van der Waals surface area contributed by atoms with E-state index in [9.17, 15) is 9.90 Å². The minimum absolute atomic E-state index is 0.0517. The fourth-order valence-corrected chi connectivity index (χ4v) is 4.60. The fourth-order valence-electron chi connectivity index (χ4n) is 4.60. The summed E-state index contributed by atoms with van der Waals surface area (Å²) in [6.07, 6.45) is 2.79. The van der Waals surface area contributed by atoms with Gasteiger partial charge in [-0.2, -0.15) is 0 Å². The number of carbonyl (C=O) groups excluding carboxylic acids is 1. The average molecular weight is 412 g/mol. The van der Waals surface area contributed by atoms with Crippen molar-refractivity contribution < 1.29 is 9.90 Å². The first kappa shape index (κ1) is 22.0. The van der Waals surface area contributed by atoms with Gasteiger partial charge in [0, 0.05) is 36.2 Å². The van der Waals surface area contributed by atoms with Gasteiger partial charge >= 0.3 is 0 Å². The van der Waals surface area contributed by atoms with E-state index < -0.39 is 0 Å². The predicted octanol–water partition coefficient (Wildman–Crippen LogP) is 3.01. The molecule has 0 spiro atoms. The van der Waals surface area contributed by atoms with Crippen molar-refractivity contribution in [2.24, 2.45) is 5.73 Å². The number of aryl methyl sites for hydroxylation is 1. The van der Waals surface area contributed by atoms with Crippen LogP contribution >= 0.6 is 0 Å². The zero-order valence-corrected chi connectivity index (χ0v) is 18.6. The van der Waals surface area contributed by atoms with Crippen LogP contribution in [0.4, 0.5) is 5.82 Å². The third kappa shape index (κ3) is 5.27. The van der Waals surface area contributed by atoms with Gasteiger partial charge in [0.15, 0.2) is 5.82 Å². The summed E-state index contributed by atoms with van der Waals surface area (Å²) in [7, 11) is 2.07. The highest BCUT2D eigenvalue weighted by molar-refractivity contribution is 5.74. The molecule has 7 nitrogen and oxygen atoms in total. The molecular formula is C23H33N5O2. The summed E-state index contributed by atoms with van der Waals surface area (Å²) < 4.78 is 0. The Kier molecular flexibility index (Phi) is 6.04. The van der Waals surface area contributed by atoms with E-state index in [1.807, 2.05) is 18.2 Å². The number of piperidine rings is 1. The smallest absolute Gasteiger partial charge is 0.217 e. The Morgan fingerprint density at radius 3 is 2.37 bits per heavy atom. The summed E-state index contributed by atoms with van der Waals surface area (Å²) in [4.78, 5) is 13.2. The second-order valence-electron chi connectivity index (χ2n) is 9.66. The van der Waals surface area contributed by atoms with Gasteiger partial charge in [0.25, 0.3) is 0 Å². The molecule has 1 amide bonds. The minimum Gasteiger partial charge on any atom is -0.507 e. The summed E-state index contributed by atoms with van der Waals surface area (Å²) in [5, 5.41) is 22.9. The van der Waals surface area contributed by atoms with Crippen LogP contribution in [-0.2, 0) is 11.2 Å². The zero-order chi connectivity index (χ0) is 22.1. The van der Waals surface area contributed by atoms with Gasteiger partial charge in [-0.3, -0.25) is 4.79 Å². The second-order valence-corrected chi connectivity index (χ2v) is 9.66. The number of phenols is 1. The monoisotopic (exact) mass is 411 g/mol. The highest BCUT2D eigenvalue weighted by Gasteiger charge is 2.39. The number of nitrogens with one attached hydrogen (secondary N) is 1. The number of aromatic nitrogens is 2. The van der Waals surface area contributed by atoms with Gasteiger partial charge < -0.3 is 21.1 Å². The van der Waals surface area contributed by atoms with Crippen molar-refractivity contribution in [1.82, 2.24) is 15.5 Å². The Morgan fingerprint density at radius 1 is 1.17 bits per heavy atom. The third-order valence-electron chi connectivity index (χ3n) is 5.73. The van der Waals surface area contributed by atoms with Crippen LogP contribution in [0.5, 0.6) is 5.75 Å². The lowest BCUT2D eigenvalue weighted by molar-refractivity contribution is -0.117. The van der Waals surface area contributed by atoms with Crippen molar-refractivity contribution in [2.45, 2.75) is 70.5 Å². The molecular weight excluding hydrogens is 378 g/mol. The van der Waals surface area contributed by atoms with E-state index in [0.29, 0.717) is 23.7 Å². The van der Waals surface area contributed by atoms with Gasteiger partial charge in [0.1, 0.15) is 5.75 Å². The number of anilines is 1. The van der Waals surface area contributed by atoms with Crippen molar-refractivity contribution in [1.29, 1.82) is 0 Å². The molecule has 0 aliphatic carbocycles. The van der Waals surface area contributed by atoms with Crippen LogP contribution in [0.2, 0.25) is 0 Å². The number of carbonyl (C=O) groups is 1. The molecule has 1 aromatic carbocycles. The number of benzene rings is 1. The van der Waals surface area contributed by atoms with Crippen LogP contribution in [0.3, 0.4) is 0 Å². The number of hydrogen-bond donors (Lipinski definition) is 3. The number of primary amides is 1. The molecule has 4 N–H and O–H groups in total. The largest absolute Gasteiger partial charge is 0.507 e. The second kappa shape index (κ2) is 8.22. The molecule has 162 valence electrons. The molecule has 0 saturated carbocycles. The molecule has 1 fully saturated rings. The molecule has 1 aliphatic heterocycles. The van der Waals surface area contributed by atoms with Crippen LogP contribution in [-0.4, -0.2) is 45.4 Å². The maximum absolute atomic E-state index is 11.0. The highest BCUT2D eigenvalue weighted by atomic mass is 16.3. The SMILES string of the molecule is CN(c1ccc(-c2ccc(CCC(N)=O)cc2O)nn1)C1CC(C)(C)NC(C)(C)C1. The van der Waals surface area contributed by atoms with Crippen molar-refractivity contribution in [3.63, 3.8) is 0 Å². The highest BCUT2D eigenvalue weighted by Crippen LogP contribution is 2.33. The Labute approximate surface area is 178 Å². The number of aromatic hydroxyl groups is 1. The minimum atomic E-state index is -0.357. The number of rotatable bonds is 6. The van der Waals surface area contributed by atoms with Gasteiger partial charge in [0.2, 0.25) is 5.91 Å². The number of phenolic OH excluding ortho intramolecular Hbond substituents is 1. The Morgan fingerprint density at radius 2 is 1.83 bits per heavy atom. The fraction of sp³-hybridized carbons (Fsp3) is 0.522. The standard InChI is InChI=1S/C23H33N5O2/c1-22(2)13-16(14-23(3,4)27-22)28(5)21-11-9-18(25-26-21)17-8-6-15(12-19(17)29)7-10-20(24)30/h6,8-9,11-12,16,27,29H,7,10,13-14H2,1-5H3,(H2,24,30). The lowest BCUT2D eigenvalue weighted by Gasteiger charge is -2.49. The van der Waals surface area contributed by atoms with Crippen LogP contribution in [0.25, 0.3) is 11.3 Å².